The van der Waals surface area contributed by atoms with Gasteiger partial charge in [0.05, 0.1) is 42.9 Å². The first kappa shape index (κ1) is 18.6. The number of rotatable bonds is 8. The van der Waals surface area contributed by atoms with Crippen LogP contribution in [0.1, 0.15) is 30.0 Å². The molecule has 25 heavy (non-hydrogen) atoms. The fourth-order valence-electron chi connectivity index (χ4n) is 2.27. The van der Waals surface area contributed by atoms with Gasteiger partial charge in [-0.2, -0.15) is 9.97 Å². The van der Waals surface area contributed by atoms with Crippen LogP contribution in [-0.4, -0.2) is 40.8 Å². The zero-order chi connectivity index (χ0) is 18.4. The molecule has 2 aromatic rings. The molecule has 0 aliphatic carbocycles. The Morgan fingerprint density at radius 3 is 2.40 bits per heavy atom. The molecule has 9 heteroatoms. The molecule has 0 fully saturated rings. The van der Waals surface area contributed by atoms with Crippen molar-refractivity contribution >= 4 is 5.69 Å². The summed E-state index contributed by atoms with van der Waals surface area (Å²) in [6, 6.07) is 6.08. The van der Waals surface area contributed by atoms with E-state index in [-0.39, 0.29) is 35.4 Å². The first-order valence-electron chi connectivity index (χ1n) is 7.50. The van der Waals surface area contributed by atoms with Crippen molar-refractivity contribution in [2.75, 3.05) is 20.8 Å². The maximum absolute atomic E-state index is 11.5. The number of aliphatic hydroxyl groups excluding tert-OH is 1. The molecule has 2 rings (SSSR count). The number of hydrogen-bond acceptors (Lipinski definition) is 8. The van der Waals surface area contributed by atoms with Gasteiger partial charge in [-0.3, -0.25) is 10.1 Å². The predicted molar refractivity (Wildman–Crippen MR) is 87.6 cm³/mol. The average molecular weight is 349 g/mol. The summed E-state index contributed by atoms with van der Waals surface area (Å²) >= 11 is 0. The highest BCUT2D eigenvalue weighted by molar-refractivity contribution is 5.50. The maximum atomic E-state index is 11.5. The number of aromatic nitrogens is 2. The van der Waals surface area contributed by atoms with Gasteiger partial charge in [-0.05, 0) is 19.1 Å². The molecule has 0 aliphatic heterocycles. The first-order valence-corrected chi connectivity index (χ1v) is 7.50. The molecule has 134 valence electrons. The van der Waals surface area contributed by atoms with E-state index in [1.807, 2.05) is 0 Å². The third kappa shape index (κ3) is 4.20. The summed E-state index contributed by atoms with van der Waals surface area (Å²) in [5, 5.41) is 22.2. The molecule has 0 saturated carbocycles. The number of nitro benzene ring substituents is 1. The topological polar surface area (TPSA) is 117 Å². The molecule has 0 aliphatic rings. The van der Waals surface area contributed by atoms with Crippen LogP contribution in [0, 0.1) is 10.1 Å². The van der Waals surface area contributed by atoms with Gasteiger partial charge in [-0.25, -0.2) is 0 Å². The van der Waals surface area contributed by atoms with Gasteiger partial charge in [0.2, 0.25) is 11.8 Å². The molecular weight excluding hydrogens is 330 g/mol. The Labute approximate surface area is 144 Å². The minimum absolute atomic E-state index is 0.0622. The van der Waals surface area contributed by atoms with Gasteiger partial charge in [0.1, 0.15) is 6.10 Å². The second-order valence-electron chi connectivity index (χ2n) is 4.96. The molecular formula is C16H19N3O6. The number of methoxy groups -OCH3 is 2. The normalized spacial score (nSPS) is 11.8. The lowest BCUT2D eigenvalue weighted by Crippen LogP contribution is -2.11. The Morgan fingerprint density at radius 1 is 1.24 bits per heavy atom. The summed E-state index contributed by atoms with van der Waals surface area (Å²) in [6.45, 7) is 2.27. The van der Waals surface area contributed by atoms with Crippen LogP contribution in [-0.2, 0) is 11.3 Å². The van der Waals surface area contributed by atoms with E-state index in [4.69, 9.17) is 14.2 Å². The summed E-state index contributed by atoms with van der Waals surface area (Å²) in [5.74, 6) is 0.288. The van der Waals surface area contributed by atoms with Crippen molar-refractivity contribution in [3.63, 3.8) is 0 Å². The summed E-state index contributed by atoms with van der Waals surface area (Å²) in [5.41, 5.74) is 0.199. The highest BCUT2D eigenvalue weighted by atomic mass is 16.6. The third-order valence-corrected chi connectivity index (χ3v) is 3.45. The summed E-state index contributed by atoms with van der Waals surface area (Å²) in [7, 11) is 2.81. The molecule has 1 N–H and O–H groups in total. The SMILES string of the molecule is CCOCc1cccc(C(O)c2nc(OC)cc(OC)n2)c1[N+](=O)[O-]. The zero-order valence-electron chi connectivity index (χ0n) is 14.1. The Balaban J connectivity index is 2.52. The van der Waals surface area contributed by atoms with E-state index in [0.29, 0.717) is 12.2 Å². The van der Waals surface area contributed by atoms with Crippen LogP contribution in [0.3, 0.4) is 0 Å². The minimum atomic E-state index is -1.43. The summed E-state index contributed by atoms with van der Waals surface area (Å²) in [4.78, 5) is 19.1. The van der Waals surface area contributed by atoms with Crippen molar-refractivity contribution in [2.24, 2.45) is 0 Å². The van der Waals surface area contributed by atoms with E-state index in [1.165, 1.54) is 26.4 Å². The summed E-state index contributed by atoms with van der Waals surface area (Å²) < 4.78 is 15.4. The van der Waals surface area contributed by atoms with E-state index in [1.54, 1.807) is 19.1 Å². The van der Waals surface area contributed by atoms with Crippen LogP contribution in [0.5, 0.6) is 11.8 Å². The number of nitro groups is 1. The fourth-order valence-corrected chi connectivity index (χ4v) is 2.27. The van der Waals surface area contributed by atoms with Crippen LogP contribution < -0.4 is 9.47 Å². The van der Waals surface area contributed by atoms with Crippen LogP contribution in [0.2, 0.25) is 0 Å². The van der Waals surface area contributed by atoms with Crippen LogP contribution >= 0.6 is 0 Å². The van der Waals surface area contributed by atoms with Gasteiger partial charge in [-0.1, -0.05) is 6.07 Å². The van der Waals surface area contributed by atoms with Crippen molar-refractivity contribution in [1.82, 2.24) is 9.97 Å². The number of ether oxygens (including phenoxy) is 3. The standard InChI is InChI=1S/C16H19N3O6/c1-4-25-9-10-6-5-7-11(14(10)19(21)22)15(20)16-17-12(23-2)8-13(18-16)24-3/h5-8,15,20H,4,9H2,1-3H3. The van der Waals surface area contributed by atoms with Gasteiger partial charge in [0.25, 0.3) is 5.69 Å². The molecule has 1 unspecified atom stereocenters. The summed E-state index contributed by atoms with van der Waals surface area (Å²) in [6.07, 6.45) is -1.43. The van der Waals surface area contributed by atoms with E-state index in [0.717, 1.165) is 0 Å². The quantitative estimate of drug-likeness (QED) is 0.568. The minimum Gasteiger partial charge on any atom is -0.481 e. The van der Waals surface area contributed by atoms with Crippen LogP contribution in [0.4, 0.5) is 5.69 Å². The van der Waals surface area contributed by atoms with Crippen molar-refractivity contribution < 1.29 is 24.2 Å². The molecule has 0 amide bonds. The molecule has 0 saturated heterocycles. The molecule has 0 bridgehead atoms. The number of aliphatic hydroxyl groups is 1. The number of benzene rings is 1. The largest absolute Gasteiger partial charge is 0.481 e. The predicted octanol–water partition coefficient (Wildman–Crippen LogP) is 2.02. The fraction of sp³-hybridized carbons (Fsp3) is 0.375. The first-order chi connectivity index (χ1) is 12.0. The van der Waals surface area contributed by atoms with Gasteiger partial charge in [0.15, 0.2) is 5.82 Å². The lowest BCUT2D eigenvalue weighted by molar-refractivity contribution is -0.387. The Kier molecular flexibility index (Phi) is 6.20. The third-order valence-electron chi connectivity index (χ3n) is 3.45. The van der Waals surface area contributed by atoms with E-state index >= 15 is 0 Å². The van der Waals surface area contributed by atoms with Gasteiger partial charge < -0.3 is 19.3 Å². The van der Waals surface area contributed by atoms with Crippen molar-refractivity contribution in [3.05, 3.63) is 51.3 Å². The molecule has 0 radical (unpaired) electrons. The van der Waals surface area contributed by atoms with Gasteiger partial charge in [-0.15, -0.1) is 0 Å². The zero-order valence-corrected chi connectivity index (χ0v) is 14.1. The Hall–Kier alpha value is -2.78. The van der Waals surface area contributed by atoms with Crippen LogP contribution in [0.25, 0.3) is 0 Å². The lowest BCUT2D eigenvalue weighted by atomic mass is 10.0. The van der Waals surface area contributed by atoms with Crippen molar-refractivity contribution in [1.29, 1.82) is 0 Å². The Bertz CT molecular complexity index is 730. The monoisotopic (exact) mass is 349 g/mol. The second-order valence-corrected chi connectivity index (χ2v) is 4.96. The van der Waals surface area contributed by atoms with Gasteiger partial charge in [0, 0.05) is 6.61 Å². The highest BCUT2D eigenvalue weighted by Gasteiger charge is 2.27. The molecule has 0 spiro atoms. The maximum Gasteiger partial charge on any atom is 0.281 e. The second kappa shape index (κ2) is 8.36. The molecule has 1 atom stereocenters. The molecule has 1 aromatic heterocycles. The van der Waals surface area contributed by atoms with Crippen molar-refractivity contribution in [2.45, 2.75) is 19.6 Å². The lowest BCUT2D eigenvalue weighted by Gasteiger charge is -2.14. The smallest absolute Gasteiger partial charge is 0.281 e. The number of nitrogens with zero attached hydrogens (tertiary/aromatic N) is 3. The van der Waals surface area contributed by atoms with Gasteiger partial charge >= 0.3 is 0 Å². The highest BCUT2D eigenvalue weighted by Crippen LogP contribution is 2.33. The molecule has 1 heterocycles. The van der Waals surface area contributed by atoms with E-state index < -0.39 is 11.0 Å². The average Bonchev–Trinajstić information content (AvgIpc) is 2.64. The van der Waals surface area contributed by atoms with E-state index in [2.05, 4.69) is 9.97 Å². The molecule has 1 aromatic carbocycles. The van der Waals surface area contributed by atoms with Crippen molar-refractivity contribution in [3.8, 4) is 11.8 Å². The van der Waals surface area contributed by atoms with E-state index in [9.17, 15) is 15.2 Å². The Morgan fingerprint density at radius 2 is 1.88 bits per heavy atom. The molecule has 9 nitrogen and oxygen atoms in total. The number of hydrogen-bond donors (Lipinski definition) is 1. The number of para-hydroxylation sites is 1. The van der Waals surface area contributed by atoms with Crippen LogP contribution in [0.15, 0.2) is 24.3 Å².